The first-order valence-electron chi connectivity index (χ1n) is 5.44. The van der Waals surface area contributed by atoms with Crippen LogP contribution in [0.4, 0.5) is 0 Å². The Bertz CT molecular complexity index is 648. The van der Waals surface area contributed by atoms with Crippen molar-refractivity contribution in [2.45, 2.75) is 13.5 Å². The number of carboxylic acid groups (broad SMARTS) is 2. The van der Waals surface area contributed by atoms with Gasteiger partial charge in [-0.05, 0) is 24.6 Å². The lowest BCUT2D eigenvalue weighted by atomic mass is 10.1. The molecule has 7 nitrogen and oxygen atoms in total. The van der Waals surface area contributed by atoms with Gasteiger partial charge in [-0.25, -0.2) is 14.3 Å². The van der Waals surface area contributed by atoms with Gasteiger partial charge in [-0.3, -0.25) is 0 Å². The summed E-state index contributed by atoms with van der Waals surface area (Å²) in [6, 6.07) is 6.38. The second kappa shape index (κ2) is 4.89. The summed E-state index contributed by atoms with van der Waals surface area (Å²) < 4.78 is 1.42. The van der Waals surface area contributed by atoms with Crippen LogP contribution in [-0.4, -0.2) is 37.1 Å². The molecule has 0 unspecified atom stereocenters. The second-order valence-corrected chi connectivity index (χ2v) is 3.99. The molecule has 0 aliphatic carbocycles. The number of hydrogen-bond donors (Lipinski definition) is 2. The number of benzene rings is 1. The minimum atomic E-state index is -1.14. The van der Waals surface area contributed by atoms with Crippen LogP contribution in [0, 0.1) is 6.92 Å². The van der Waals surface area contributed by atoms with E-state index >= 15 is 0 Å². The molecule has 0 spiro atoms. The SMILES string of the molecule is Cc1c(C(=O)O)nnn1Cc1cccc(C(=O)O)c1. The molecule has 0 aliphatic rings. The summed E-state index contributed by atoms with van der Waals surface area (Å²) in [4.78, 5) is 21.7. The Morgan fingerprint density at radius 3 is 2.58 bits per heavy atom. The lowest BCUT2D eigenvalue weighted by molar-refractivity contribution is 0.0682. The Hall–Kier alpha value is -2.70. The van der Waals surface area contributed by atoms with Crippen molar-refractivity contribution in [2.75, 3.05) is 0 Å². The Morgan fingerprint density at radius 1 is 1.26 bits per heavy atom. The molecule has 1 aromatic carbocycles. The van der Waals surface area contributed by atoms with E-state index in [-0.39, 0.29) is 17.8 Å². The fourth-order valence-corrected chi connectivity index (χ4v) is 1.68. The van der Waals surface area contributed by atoms with E-state index in [4.69, 9.17) is 10.2 Å². The first-order chi connectivity index (χ1) is 8.99. The zero-order valence-corrected chi connectivity index (χ0v) is 10.1. The average Bonchev–Trinajstić information content (AvgIpc) is 2.71. The third-order valence-corrected chi connectivity index (χ3v) is 2.69. The van der Waals surface area contributed by atoms with Gasteiger partial charge in [-0.15, -0.1) is 5.10 Å². The zero-order valence-electron chi connectivity index (χ0n) is 10.1. The van der Waals surface area contributed by atoms with Crippen molar-refractivity contribution >= 4 is 11.9 Å². The van der Waals surface area contributed by atoms with Crippen molar-refractivity contribution in [3.8, 4) is 0 Å². The van der Waals surface area contributed by atoms with Gasteiger partial charge >= 0.3 is 11.9 Å². The average molecular weight is 261 g/mol. The molecular formula is C12H11N3O4. The third-order valence-electron chi connectivity index (χ3n) is 2.69. The largest absolute Gasteiger partial charge is 0.478 e. The summed E-state index contributed by atoms with van der Waals surface area (Å²) in [5.41, 5.74) is 1.21. The third kappa shape index (κ3) is 2.59. The van der Waals surface area contributed by atoms with E-state index in [1.165, 1.54) is 16.8 Å². The van der Waals surface area contributed by atoms with Crippen molar-refractivity contribution in [2.24, 2.45) is 0 Å². The van der Waals surface area contributed by atoms with Crippen LogP contribution in [-0.2, 0) is 6.54 Å². The highest BCUT2D eigenvalue weighted by atomic mass is 16.4. The number of hydrogen-bond acceptors (Lipinski definition) is 4. The Labute approximate surface area is 108 Å². The van der Waals surface area contributed by atoms with Crippen LogP contribution >= 0.6 is 0 Å². The van der Waals surface area contributed by atoms with E-state index in [1.54, 1.807) is 19.1 Å². The van der Waals surface area contributed by atoms with Crippen LogP contribution in [0.2, 0.25) is 0 Å². The first kappa shape index (κ1) is 12.7. The molecule has 2 aromatic rings. The van der Waals surface area contributed by atoms with Crippen molar-refractivity contribution in [1.82, 2.24) is 15.0 Å². The van der Waals surface area contributed by atoms with E-state index in [2.05, 4.69) is 10.3 Å². The van der Waals surface area contributed by atoms with E-state index in [0.717, 1.165) is 0 Å². The molecule has 19 heavy (non-hydrogen) atoms. The van der Waals surface area contributed by atoms with Gasteiger partial charge in [0, 0.05) is 0 Å². The highest BCUT2D eigenvalue weighted by molar-refractivity contribution is 5.87. The van der Waals surface area contributed by atoms with Gasteiger partial charge in [-0.2, -0.15) is 0 Å². The highest BCUT2D eigenvalue weighted by Gasteiger charge is 2.15. The number of rotatable bonds is 4. The van der Waals surface area contributed by atoms with Crippen LogP contribution in [0.15, 0.2) is 24.3 Å². The van der Waals surface area contributed by atoms with Crippen molar-refractivity contribution in [3.05, 3.63) is 46.8 Å². The molecule has 0 saturated carbocycles. The summed E-state index contributed by atoms with van der Waals surface area (Å²) in [6.45, 7) is 1.87. The predicted molar refractivity (Wildman–Crippen MR) is 64.2 cm³/mol. The van der Waals surface area contributed by atoms with E-state index in [0.29, 0.717) is 11.3 Å². The van der Waals surface area contributed by atoms with Gasteiger partial charge in [0.05, 0.1) is 17.8 Å². The first-order valence-corrected chi connectivity index (χ1v) is 5.44. The maximum Gasteiger partial charge on any atom is 0.358 e. The standard InChI is InChI=1S/C12H11N3O4/c1-7-10(12(18)19)13-14-15(7)6-8-3-2-4-9(5-8)11(16)17/h2-5H,6H2,1H3,(H,16,17)(H,18,19). The molecule has 0 radical (unpaired) electrons. The van der Waals surface area contributed by atoms with Gasteiger partial charge in [0.25, 0.3) is 0 Å². The van der Waals surface area contributed by atoms with Gasteiger partial charge < -0.3 is 10.2 Å². The zero-order chi connectivity index (χ0) is 14.0. The van der Waals surface area contributed by atoms with Gasteiger partial charge in [0.2, 0.25) is 0 Å². The molecule has 1 aromatic heterocycles. The summed E-state index contributed by atoms with van der Waals surface area (Å²) in [7, 11) is 0. The van der Waals surface area contributed by atoms with Gasteiger partial charge in [-0.1, -0.05) is 17.3 Å². The molecule has 0 atom stereocenters. The van der Waals surface area contributed by atoms with Crippen LogP contribution in [0.1, 0.15) is 32.1 Å². The Morgan fingerprint density at radius 2 is 2.00 bits per heavy atom. The number of aromatic nitrogens is 3. The minimum Gasteiger partial charge on any atom is -0.478 e. The van der Waals surface area contributed by atoms with E-state index in [1.807, 2.05) is 0 Å². The van der Waals surface area contributed by atoms with Crippen LogP contribution in [0.3, 0.4) is 0 Å². The molecule has 0 amide bonds. The van der Waals surface area contributed by atoms with Crippen LogP contribution in [0.5, 0.6) is 0 Å². The van der Waals surface area contributed by atoms with E-state index in [9.17, 15) is 9.59 Å². The smallest absolute Gasteiger partial charge is 0.358 e. The van der Waals surface area contributed by atoms with Gasteiger partial charge in [0.1, 0.15) is 0 Å². The summed E-state index contributed by atoms with van der Waals surface area (Å²) in [5, 5.41) is 25.1. The lowest BCUT2D eigenvalue weighted by Crippen LogP contribution is -2.07. The molecule has 0 aliphatic heterocycles. The monoisotopic (exact) mass is 261 g/mol. The second-order valence-electron chi connectivity index (χ2n) is 3.99. The van der Waals surface area contributed by atoms with Crippen molar-refractivity contribution in [1.29, 1.82) is 0 Å². The van der Waals surface area contributed by atoms with Crippen LogP contribution < -0.4 is 0 Å². The fraction of sp³-hybridized carbons (Fsp3) is 0.167. The topological polar surface area (TPSA) is 105 Å². The molecule has 98 valence electrons. The molecular weight excluding hydrogens is 250 g/mol. The molecule has 1 heterocycles. The number of nitrogens with zero attached hydrogens (tertiary/aromatic N) is 3. The number of carboxylic acids is 2. The maximum atomic E-state index is 10.9. The quantitative estimate of drug-likeness (QED) is 0.851. The van der Waals surface area contributed by atoms with Crippen LogP contribution in [0.25, 0.3) is 0 Å². The summed E-state index contributed by atoms with van der Waals surface area (Å²) >= 11 is 0. The van der Waals surface area contributed by atoms with Crippen molar-refractivity contribution < 1.29 is 19.8 Å². The van der Waals surface area contributed by atoms with E-state index < -0.39 is 11.9 Å². The lowest BCUT2D eigenvalue weighted by Gasteiger charge is -2.04. The van der Waals surface area contributed by atoms with Gasteiger partial charge in [0.15, 0.2) is 5.69 Å². The minimum absolute atomic E-state index is 0.102. The maximum absolute atomic E-state index is 10.9. The Kier molecular flexibility index (Phi) is 3.28. The molecule has 7 heteroatoms. The fourth-order valence-electron chi connectivity index (χ4n) is 1.68. The number of carbonyl (C=O) groups is 2. The highest BCUT2D eigenvalue weighted by Crippen LogP contribution is 2.10. The summed E-state index contributed by atoms with van der Waals surface area (Å²) in [5.74, 6) is -2.15. The number of aromatic carboxylic acids is 2. The normalized spacial score (nSPS) is 10.4. The molecule has 0 bridgehead atoms. The van der Waals surface area contributed by atoms with Crippen molar-refractivity contribution in [3.63, 3.8) is 0 Å². The molecule has 0 saturated heterocycles. The predicted octanol–water partition coefficient (Wildman–Crippen LogP) is 1.03. The molecule has 2 rings (SSSR count). The Balaban J connectivity index is 2.29. The molecule has 2 N–H and O–H groups in total. The molecule has 0 fully saturated rings. The summed E-state index contributed by atoms with van der Waals surface area (Å²) in [6.07, 6.45) is 0.